The van der Waals surface area contributed by atoms with E-state index in [9.17, 15) is 18.5 Å². The van der Waals surface area contributed by atoms with Gasteiger partial charge in [-0.2, -0.15) is 27.8 Å². The molecule has 0 spiro atoms. The Kier molecular flexibility index (Phi) is 4.67. The van der Waals surface area contributed by atoms with Gasteiger partial charge in [0.05, 0.1) is 27.2 Å². The van der Waals surface area contributed by atoms with Gasteiger partial charge in [0.15, 0.2) is 0 Å². The summed E-state index contributed by atoms with van der Waals surface area (Å²) in [6, 6.07) is 4.53. The number of nitro benzene ring substituents is 1. The van der Waals surface area contributed by atoms with Crippen molar-refractivity contribution in [2.45, 2.75) is 4.90 Å². The maximum Gasteiger partial charge on any atom is 0.283 e. The van der Waals surface area contributed by atoms with Gasteiger partial charge in [0.25, 0.3) is 15.7 Å². The third kappa shape index (κ3) is 3.25. The maximum atomic E-state index is 13.3. The molecule has 0 amide bonds. The van der Waals surface area contributed by atoms with Crippen LogP contribution < -0.4 is 0 Å². The molecule has 4 rings (SSSR count). The highest BCUT2D eigenvalue weighted by Crippen LogP contribution is 2.38. The van der Waals surface area contributed by atoms with Crippen LogP contribution in [0.1, 0.15) is 0 Å². The van der Waals surface area contributed by atoms with E-state index >= 15 is 0 Å². The molecule has 0 aliphatic carbocycles. The van der Waals surface area contributed by atoms with Crippen LogP contribution in [0.3, 0.4) is 0 Å². The molecule has 13 heteroatoms. The molecule has 0 bridgehead atoms. The highest BCUT2D eigenvalue weighted by atomic mass is 35.5. The van der Waals surface area contributed by atoms with Crippen molar-refractivity contribution in [2.75, 3.05) is 0 Å². The summed E-state index contributed by atoms with van der Waals surface area (Å²) < 4.78 is 30.5. The van der Waals surface area contributed by atoms with Gasteiger partial charge in [-0.3, -0.25) is 19.5 Å². The van der Waals surface area contributed by atoms with Crippen molar-refractivity contribution < 1.29 is 13.3 Å². The summed E-state index contributed by atoms with van der Waals surface area (Å²) in [5.41, 5.74) is 1.10. The van der Waals surface area contributed by atoms with Crippen molar-refractivity contribution in [1.82, 2.24) is 28.7 Å². The van der Waals surface area contributed by atoms with Gasteiger partial charge < -0.3 is 0 Å². The summed E-state index contributed by atoms with van der Waals surface area (Å²) in [5.74, 6) is 0. The zero-order chi connectivity index (χ0) is 21.6. The van der Waals surface area contributed by atoms with E-state index in [0.29, 0.717) is 11.1 Å². The fraction of sp³-hybridized carbons (Fsp3) is 0.118. The van der Waals surface area contributed by atoms with Crippen LogP contribution in [0.5, 0.6) is 0 Å². The molecule has 0 aliphatic rings. The molecular weight excluding hydrogens is 434 g/mol. The quantitative estimate of drug-likeness (QED) is 0.339. The number of aromatic nitrogens is 6. The van der Waals surface area contributed by atoms with Gasteiger partial charge in [-0.15, -0.1) is 0 Å². The molecule has 3 heterocycles. The van der Waals surface area contributed by atoms with Gasteiger partial charge in [0, 0.05) is 49.7 Å². The lowest BCUT2D eigenvalue weighted by Gasteiger charge is -2.08. The average molecular weight is 448 g/mol. The van der Waals surface area contributed by atoms with Gasteiger partial charge in [0.2, 0.25) is 0 Å². The highest BCUT2D eigenvalue weighted by molar-refractivity contribution is 7.90. The number of hydrogen-bond donors (Lipinski definition) is 0. The zero-order valence-corrected chi connectivity index (χ0v) is 17.2. The number of non-ortho nitro benzene ring substituents is 1. The number of rotatable bonds is 5. The monoisotopic (exact) mass is 447 g/mol. The molecule has 0 aliphatic heterocycles. The fourth-order valence-corrected chi connectivity index (χ4v) is 4.60. The summed E-state index contributed by atoms with van der Waals surface area (Å²) in [7, 11) is -0.822. The number of benzene rings is 1. The second kappa shape index (κ2) is 7.07. The van der Waals surface area contributed by atoms with E-state index in [1.54, 1.807) is 31.2 Å². The molecule has 0 saturated carbocycles. The fourth-order valence-electron chi connectivity index (χ4n) is 2.90. The Balaban J connectivity index is 1.94. The molecule has 0 atom stereocenters. The molecule has 11 nitrogen and oxygen atoms in total. The maximum absolute atomic E-state index is 13.3. The van der Waals surface area contributed by atoms with E-state index in [0.717, 1.165) is 28.4 Å². The molecule has 0 fully saturated rings. The van der Waals surface area contributed by atoms with Crippen molar-refractivity contribution in [3.63, 3.8) is 0 Å². The summed E-state index contributed by atoms with van der Waals surface area (Å²) in [6.45, 7) is 0. The molecule has 4 aromatic rings. The predicted molar refractivity (Wildman–Crippen MR) is 107 cm³/mol. The summed E-state index contributed by atoms with van der Waals surface area (Å²) in [6.07, 6.45) is 6.25. The van der Waals surface area contributed by atoms with Crippen LogP contribution in [-0.4, -0.2) is 42.1 Å². The second-order valence-electron chi connectivity index (χ2n) is 6.42. The van der Waals surface area contributed by atoms with Crippen LogP contribution in [-0.2, 0) is 24.1 Å². The summed E-state index contributed by atoms with van der Waals surface area (Å²) >= 11 is 6.57. The topological polar surface area (TPSA) is 131 Å². The first-order chi connectivity index (χ1) is 14.2. The molecule has 0 unspecified atom stereocenters. The summed E-state index contributed by atoms with van der Waals surface area (Å²) in [5, 5.41) is 23.4. The highest BCUT2D eigenvalue weighted by Gasteiger charge is 2.29. The van der Waals surface area contributed by atoms with E-state index < -0.39 is 14.9 Å². The number of halogens is 1. The number of nitro groups is 1. The Morgan fingerprint density at radius 1 is 1.00 bits per heavy atom. The van der Waals surface area contributed by atoms with E-state index in [1.807, 2.05) is 0 Å². The summed E-state index contributed by atoms with van der Waals surface area (Å²) in [4.78, 5) is 10.1. The van der Waals surface area contributed by atoms with E-state index in [4.69, 9.17) is 11.6 Å². The Morgan fingerprint density at radius 3 is 2.07 bits per heavy atom. The lowest BCUT2D eigenvalue weighted by atomic mass is 10.2. The normalized spacial score (nSPS) is 11.7. The van der Waals surface area contributed by atoms with Gasteiger partial charge in [-0.25, -0.2) is 0 Å². The number of aryl methyl sites for hydroxylation is 2. The zero-order valence-electron chi connectivity index (χ0n) is 15.7. The largest absolute Gasteiger partial charge is 0.283 e. The SMILES string of the molecule is Cn1cc(-c2nn(S(=O)(=O)c3ccc([N+](=O)[O-])cc3)c(-c3cnn(C)c3)c2Cl)cn1. The van der Waals surface area contributed by atoms with E-state index in [-0.39, 0.29) is 27.0 Å². The van der Waals surface area contributed by atoms with Crippen LogP contribution >= 0.6 is 11.6 Å². The number of nitrogens with zero attached hydrogens (tertiary/aromatic N) is 7. The second-order valence-corrected chi connectivity index (χ2v) is 8.56. The minimum atomic E-state index is -4.22. The van der Waals surface area contributed by atoms with Gasteiger partial charge >= 0.3 is 0 Å². The third-order valence-electron chi connectivity index (χ3n) is 4.33. The van der Waals surface area contributed by atoms with Crippen molar-refractivity contribution in [2.24, 2.45) is 14.1 Å². The smallest absolute Gasteiger partial charge is 0.275 e. The van der Waals surface area contributed by atoms with Crippen molar-refractivity contribution in [3.05, 3.63) is 64.2 Å². The Bertz CT molecular complexity index is 1370. The van der Waals surface area contributed by atoms with Crippen LogP contribution in [0.2, 0.25) is 5.02 Å². The average Bonchev–Trinajstić information content (AvgIpc) is 3.40. The molecule has 0 saturated heterocycles. The van der Waals surface area contributed by atoms with Crippen LogP contribution in [0.15, 0.2) is 53.9 Å². The third-order valence-corrected chi connectivity index (χ3v) is 6.27. The Hall–Kier alpha value is -3.51. The van der Waals surface area contributed by atoms with E-state index in [2.05, 4.69) is 15.3 Å². The molecular formula is C17H14ClN7O4S. The van der Waals surface area contributed by atoms with Gasteiger partial charge in [0.1, 0.15) is 11.4 Å². The van der Waals surface area contributed by atoms with E-state index in [1.165, 1.54) is 17.1 Å². The molecule has 0 radical (unpaired) electrons. The van der Waals surface area contributed by atoms with Gasteiger partial charge in [-0.1, -0.05) is 11.6 Å². The van der Waals surface area contributed by atoms with Crippen molar-refractivity contribution in [1.29, 1.82) is 0 Å². The molecule has 3 aromatic heterocycles. The molecule has 1 aromatic carbocycles. The predicted octanol–water partition coefficient (Wildman–Crippen LogP) is 2.48. The minimum absolute atomic E-state index is 0.112. The van der Waals surface area contributed by atoms with Crippen LogP contribution in [0.4, 0.5) is 5.69 Å². The molecule has 154 valence electrons. The van der Waals surface area contributed by atoms with Crippen molar-refractivity contribution in [3.8, 4) is 22.5 Å². The first kappa shape index (κ1) is 19.8. The van der Waals surface area contributed by atoms with Crippen LogP contribution in [0, 0.1) is 10.1 Å². The number of hydrogen-bond acceptors (Lipinski definition) is 7. The minimum Gasteiger partial charge on any atom is -0.275 e. The van der Waals surface area contributed by atoms with Crippen molar-refractivity contribution >= 4 is 27.3 Å². The Labute approximate surface area is 175 Å². The molecule has 30 heavy (non-hydrogen) atoms. The lowest BCUT2D eigenvalue weighted by molar-refractivity contribution is -0.384. The first-order valence-electron chi connectivity index (χ1n) is 8.45. The molecule has 0 N–H and O–H groups in total. The Morgan fingerprint density at radius 2 is 1.57 bits per heavy atom. The standard InChI is InChI=1S/C17H14ClN7O4S/c1-22-9-11(7-19-22)16-15(18)17(12-8-20-23(2)10-12)24(21-16)30(28,29)14-5-3-13(4-6-14)25(26)27/h3-10H,1-2H3. The van der Waals surface area contributed by atoms with Gasteiger partial charge in [-0.05, 0) is 12.1 Å². The lowest BCUT2D eigenvalue weighted by Crippen LogP contribution is -2.16. The van der Waals surface area contributed by atoms with Crippen LogP contribution in [0.25, 0.3) is 22.5 Å². The first-order valence-corrected chi connectivity index (χ1v) is 10.3.